The normalized spacial score (nSPS) is 26.6. The summed E-state index contributed by atoms with van der Waals surface area (Å²) in [5, 5.41) is 0. The summed E-state index contributed by atoms with van der Waals surface area (Å²) in [5.41, 5.74) is 8.25. The minimum Gasteiger partial charge on any atom is -0.300 e. The van der Waals surface area contributed by atoms with E-state index in [0.717, 1.165) is 19.3 Å². The van der Waals surface area contributed by atoms with Gasteiger partial charge in [0, 0.05) is 17.6 Å². The zero-order chi connectivity index (χ0) is 19.7. The van der Waals surface area contributed by atoms with Crippen molar-refractivity contribution in [1.82, 2.24) is 15.8 Å². The van der Waals surface area contributed by atoms with Crippen molar-refractivity contribution >= 4 is 11.8 Å². The molecule has 2 amide bonds. The molecule has 4 atom stereocenters. The Morgan fingerprint density at radius 1 is 0.964 bits per heavy atom. The fourth-order valence-corrected chi connectivity index (χ4v) is 4.84. The van der Waals surface area contributed by atoms with Gasteiger partial charge in [-0.25, -0.2) is 0 Å². The van der Waals surface area contributed by atoms with Crippen LogP contribution in [0.5, 0.6) is 0 Å². The predicted molar refractivity (Wildman–Crippen MR) is 109 cm³/mol. The molecule has 5 heteroatoms. The van der Waals surface area contributed by atoms with Gasteiger partial charge in [-0.05, 0) is 56.8 Å². The Morgan fingerprint density at radius 2 is 1.68 bits per heavy atom. The predicted octanol–water partition coefficient (Wildman–Crippen LogP) is 3.02. The minimum absolute atomic E-state index is 0.105. The molecule has 0 radical (unpaired) electrons. The third-order valence-corrected chi connectivity index (χ3v) is 6.41. The van der Waals surface area contributed by atoms with E-state index in [4.69, 9.17) is 0 Å². The van der Waals surface area contributed by atoms with E-state index in [1.54, 1.807) is 24.3 Å². The molecule has 0 spiro atoms. The molecule has 5 nitrogen and oxygen atoms in total. The number of nitrogens with one attached hydrogen (secondary N) is 2. The average molecular weight is 377 g/mol. The second-order valence-electron chi connectivity index (χ2n) is 8.05. The molecule has 0 saturated carbocycles. The molecular weight excluding hydrogens is 350 g/mol. The van der Waals surface area contributed by atoms with E-state index in [1.807, 2.05) is 6.07 Å². The van der Waals surface area contributed by atoms with Crippen molar-refractivity contribution in [3.05, 3.63) is 71.3 Å². The van der Waals surface area contributed by atoms with Gasteiger partial charge in [-0.3, -0.25) is 25.3 Å². The molecule has 28 heavy (non-hydrogen) atoms. The topological polar surface area (TPSA) is 61.4 Å². The number of hydrogen-bond donors (Lipinski definition) is 2. The fraction of sp³-hybridized carbons (Fsp3) is 0.391. The third kappa shape index (κ3) is 3.54. The van der Waals surface area contributed by atoms with Crippen molar-refractivity contribution in [3.63, 3.8) is 0 Å². The van der Waals surface area contributed by atoms with Gasteiger partial charge in [-0.2, -0.15) is 0 Å². The van der Waals surface area contributed by atoms with Gasteiger partial charge >= 0.3 is 0 Å². The summed E-state index contributed by atoms with van der Waals surface area (Å²) in [5.74, 6) is -0.410. The molecule has 2 bridgehead atoms. The first-order chi connectivity index (χ1) is 13.5. The van der Waals surface area contributed by atoms with Crippen LogP contribution in [0.1, 0.15) is 46.7 Å². The summed E-state index contributed by atoms with van der Waals surface area (Å²) in [6.45, 7) is 2.07. The maximum atomic E-state index is 13.2. The van der Waals surface area contributed by atoms with Crippen molar-refractivity contribution < 1.29 is 9.59 Å². The summed E-state index contributed by atoms with van der Waals surface area (Å²) in [6.07, 6.45) is 3.12. The number of amides is 2. The van der Waals surface area contributed by atoms with Crippen LogP contribution in [0, 0.1) is 12.8 Å². The lowest BCUT2D eigenvalue weighted by Gasteiger charge is -2.42. The first kappa shape index (κ1) is 18.7. The van der Waals surface area contributed by atoms with Crippen LogP contribution in [-0.2, 0) is 4.79 Å². The molecule has 2 aromatic carbocycles. The Hall–Kier alpha value is -2.66. The second-order valence-corrected chi connectivity index (χ2v) is 8.05. The smallest absolute Gasteiger partial charge is 0.269 e. The minimum atomic E-state index is -0.297. The van der Waals surface area contributed by atoms with E-state index in [0.29, 0.717) is 11.6 Å². The maximum absolute atomic E-state index is 13.2. The number of hydrazine groups is 1. The zero-order valence-corrected chi connectivity index (χ0v) is 16.4. The van der Waals surface area contributed by atoms with E-state index in [2.05, 4.69) is 54.0 Å². The molecule has 0 aromatic heterocycles. The number of aryl methyl sites for hydroxylation is 1. The molecule has 4 rings (SSSR count). The van der Waals surface area contributed by atoms with Crippen molar-refractivity contribution in [2.45, 2.75) is 44.2 Å². The number of piperidine rings is 1. The number of rotatable bonds is 3. The van der Waals surface area contributed by atoms with Crippen LogP contribution in [0.25, 0.3) is 0 Å². The lowest BCUT2D eigenvalue weighted by molar-refractivity contribution is -0.130. The molecule has 0 unspecified atom stereocenters. The lowest BCUT2D eigenvalue weighted by Crippen LogP contribution is -2.54. The third-order valence-electron chi connectivity index (χ3n) is 6.41. The van der Waals surface area contributed by atoms with E-state index in [1.165, 1.54) is 11.1 Å². The molecule has 2 N–H and O–H groups in total. The summed E-state index contributed by atoms with van der Waals surface area (Å²) in [6, 6.07) is 18.2. The van der Waals surface area contributed by atoms with Gasteiger partial charge in [-0.1, -0.05) is 48.0 Å². The Balaban J connectivity index is 1.52. The van der Waals surface area contributed by atoms with Crippen molar-refractivity contribution in [3.8, 4) is 0 Å². The molecule has 2 saturated heterocycles. The number of benzene rings is 2. The highest BCUT2D eigenvalue weighted by Gasteiger charge is 2.49. The molecule has 2 aromatic rings. The van der Waals surface area contributed by atoms with Crippen LogP contribution in [-0.4, -0.2) is 35.8 Å². The standard InChI is InChI=1S/C23H27N3O2/c1-15-8-10-16(11-9-15)19-14-18-12-13-20(26(18)2)21(19)23(28)25-24-22(27)17-6-4-3-5-7-17/h3-11,18-21H,12-14H2,1-2H3,(H,24,27)(H,25,28)/t18-,19+,20+,21-/m0/s1. The molecular formula is C23H27N3O2. The molecule has 146 valence electrons. The van der Waals surface area contributed by atoms with E-state index >= 15 is 0 Å². The second kappa shape index (κ2) is 7.76. The Morgan fingerprint density at radius 3 is 2.39 bits per heavy atom. The van der Waals surface area contributed by atoms with Crippen LogP contribution >= 0.6 is 0 Å². The van der Waals surface area contributed by atoms with Crippen LogP contribution in [0.15, 0.2) is 54.6 Å². The molecule has 2 heterocycles. The largest absolute Gasteiger partial charge is 0.300 e. The molecule has 2 fully saturated rings. The van der Waals surface area contributed by atoms with Crippen LogP contribution in [0.2, 0.25) is 0 Å². The van der Waals surface area contributed by atoms with Crippen LogP contribution < -0.4 is 10.9 Å². The average Bonchev–Trinajstić information content (AvgIpc) is 2.95. The van der Waals surface area contributed by atoms with Gasteiger partial charge in [0.25, 0.3) is 5.91 Å². The maximum Gasteiger partial charge on any atom is 0.269 e. The van der Waals surface area contributed by atoms with Gasteiger partial charge in [0.05, 0.1) is 5.92 Å². The highest BCUT2D eigenvalue weighted by Crippen LogP contribution is 2.46. The molecule has 2 aliphatic rings. The van der Waals surface area contributed by atoms with E-state index in [9.17, 15) is 9.59 Å². The first-order valence-electron chi connectivity index (χ1n) is 9.98. The summed E-state index contributed by atoms with van der Waals surface area (Å²) < 4.78 is 0. The highest BCUT2D eigenvalue weighted by molar-refractivity contribution is 5.95. The van der Waals surface area contributed by atoms with Gasteiger partial charge in [0.15, 0.2) is 0 Å². The van der Waals surface area contributed by atoms with Crippen LogP contribution in [0.4, 0.5) is 0 Å². The summed E-state index contributed by atoms with van der Waals surface area (Å²) in [4.78, 5) is 27.8. The number of hydrogen-bond acceptors (Lipinski definition) is 3. The molecule has 0 aliphatic carbocycles. The number of fused-ring (bicyclic) bond motifs is 2. The van der Waals surface area contributed by atoms with E-state index < -0.39 is 0 Å². The van der Waals surface area contributed by atoms with Crippen molar-refractivity contribution in [1.29, 1.82) is 0 Å². The number of carbonyl (C=O) groups excluding carboxylic acids is 2. The Kier molecular flexibility index (Phi) is 5.18. The van der Waals surface area contributed by atoms with E-state index in [-0.39, 0.29) is 29.7 Å². The summed E-state index contributed by atoms with van der Waals surface area (Å²) in [7, 11) is 2.12. The van der Waals surface area contributed by atoms with Crippen molar-refractivity contribution in [2.75, 3.05) is 7.05 Å². The summed E-state index contributed by atoms with van der Waals surface area (Å²) >= 11 is 0. The lowest BCUT2D eigenvalue weighted by atomic mass is 9.75. The monoisotopic (exact) mass is 377 g/mol. The van der Waals surface area contributed by atoms with Crippen molar-refractivity contribution in [2.24, 2.45) is 5.92 Å². The highest BCUT2D eigenvalue weighted by atomic mass is 16.2. The Labute approximate surface area is 166 Å². The van der Waals surface area contributed by atoms with Gasteiger partial charge in [-0.15, -0.1) is 0 Å². The van der Waals surface area contributed by atoms with Gasteiger partial charge in [0.2, 0.25) is 5.91 Å². The van der Waals surface area contributed by atoms with Gasteiger partial charge < -0.3 is 0 Å². The number of nitrogens with zero attached hydrogens (tertiary/aromatic N) is 1. The Bertz CT molecular complexity index is 850. The first-order valence-corrected chi connectivity index (χ1v) is 9.98. The SMILES string of the molecule is Cc1ccc([C@H]2C[C@@H]3CC[C@H]([C@H]2C(=O)NNC(=O)c2ccccc2)N3C)cc1. The van der Waals surface area contributed by atoms with Gasteiger partial charge in [0.1, 0.15) is 0 Å². The molecule has 2 aliphatic heterocycles. The fourth-order valence-electron chi connectivity index (χ4n) is 4.84. The zero-order valence-electron chi connectivity index (χ0n) is 16.4. The van der Waals surface area contributed by atoms with Crippen LogP contribution in [0.3, 0.4) is 0 Å². The quantitative estimate of drug-likeness (QED) is 0.809. The number of carbonyl (C=O) groups is 2.